The van der Waals surface area contributed by atoms with Crippen LogP contribution in [0.2, 0.25) is 0 Å². The number of hydrogen-bond acceptors (Lipinski definition) is 4. The van der Waals surface area contributed by atoms with Crippen molar-refractivity contribution in [2.75, 3.05) is 39.8 Å². The molecule has 1 aliphatic heterocycles. The van der Waals surface area contributed by atoms with Crippen LogP contribution >= 0.6 is 0 Å². The van der Waals surface area contributed by atoms with Crippen molar-refractivity contribution in [3.8, 4) is 0 Å². The first-order valence-corrected chi connectivity index (χ1v) is 11.2. The van der Waals surface area contributed by atoms with E-state index in [4.69, 9.17) is 5.10 Å². The first-order chi connectivity index (χ1) is 14.3. The van der Waals surface area contributed by atoms with Crippen LogP contribution in [0, 0.1) is 0 Å². The normalized spacial score (nSPS) is 21.0. The number of nitrogens with zero attached hydrogens (tertiary/aromatic N) is 4. The summed E-state index contributed by atoms with van der Waals surface area (Å²) < 4.78 is 1.90. The number of piperazine rings is 1. The van der Waals surface area contributed by atoms with Gasteiger partial charge in [-0.25, -0.2) is 0 Å². The summed E-state index contributed by atoms with van der Waals surface area (Å²) in [4.78, 5) is 17.9. The van der Waals surface area contributed by atoms with Gasteiger partial charge in [0.15, 0.2) is 0 Å². The van der Waals surface area contributed by atoms with Crippen molar-refractivity contribution in [3.05, 3.63) is 53.3 Å². The molecular formula is C24H35N5O. The number of likely N-dealkylation sites (N-methyl/N-ethyl adjacent to an activating group) is 1. The summed E-state index contributed by atoms with van der Waals surface area (Å²) in [7, 11) is 2.18. The zero-order valence-corrected chi connectivity index (χ0v) is 18.8. The SMILES string of the molecule is CN1CCN(CCNC(=O)c2cc(C3CC3)nn2C(C)(C)C)[C@@H](c2ccccc2)C1. The highest BCUT2D eigenvalue weighted by Gasteiger charge is 2.31. The molecule has 0 radical (unpaired) electrons. The van der Waals surface area contributed by atoms with Crippen molar-refractivity contribution < 1.29 is 4.79 Å². The number of aromatic nitrogens is 2. The molecular weight excluding hydrogens is 374 g/mol. The van der Waals surface area contributed by atoms with Crippen LogP contribution in [0.1, 0.15) is 67.3 Å². The van der Waals surface area contributed by atoms with Crippen LogP contribution in [0.3, 0.4) is 0 Å². The van der Waals surface area contributed by atoms with Crippen molar-refractivity contribution in [3.63, 3.8) is 0 Å². The highest BCUT2D eigenvalue weighted by atomic mass is 16.2. The standard InChI is InChI=1S/C24H35N5O/c1-24(2,3)29-21(16-20(26-29)18-10-11-18)23(30)25-12-13-28-15-14-27(4)17-22(28)19-8-6-5-7-9-19/h5-9,16,18,22H,10-15,17H2,1-4H3,(H,25,30)/t22-/m1/s1. The van der Waals surface area contributed by atoms with Crippen LogP contribution in [0.4, 0.5) is 0 Å². The highest BCUT2D eigenvalue weighted by molar-refractivity contribution is 5.92. The van der Waals surface area contributed by atoms with Gasteiger partial charge in [-0.2, -0.15) is 5.10 Å². The van der Waals surface area contributed by atoms with Crippen molar-refractivity contribution in [1.82, 2.24) is 24.9 Å². The summed E-state index contributed by atoms with van der Waals surface area (Å²) in [6.45, 7) is 10.9. The number of carbonyl (C=O) groups excluding carboxylic acids is 1. The molecule has 2 aromatic rings. The third-order valence-electron chi connectivity index (χ3n) is 6.16. The molecule has 1 aliphatic carbocycles. The van der Waals surface area contributed by atoms with E-state index in [-0.39, 0.29) is 11.4 Å². The molecule has 6 nitrogen and oxygen atoms in total. The Balaban J connectivity index is 1.40. The zero-order valence-electron chi connectivity index (χ0n) is 18.8. The second-order valence-corrected chi connectivity index (χ2v) is 9.79. The summed E-state index contributed by atoms with van der Waals surface area (Å²) >= 11 is 0. The molecule has 30 heavy (non-hydrogen) atoms. The van der Waals surface area contributed by atoms with Crippen molar-refractivity contribution in [2.24, 2.45) is 0 Å². The van der Waals surface area contributed by atoms with Crippen LogP contribution in [-0.4, -0.2) is 65.3 Å². The zero-order chi connectivity index (χ0) is 21.3. The van der Waals surface area contributed by atoms with E-state index in [1.165, 1.54) is 18.4 Å². The molecule has 6 heteroatoms. The molecule has 4 rings (SSSR count). The molecule has 2 heterocycles. The van der Waals surface area contributed by atoms with Crippen LogP contribution in [0.5, 0.6) is 0 Å². The van der Waals surface area contributed by atoms with Gasteiger partial charge >= 0.3 is 0 Å². The maximum absolute atomic E-state index is 13.0. The largest absolute Gasteiger partial charge is 0.349 e. The molecule has 2 fully saturated rings. The predicted octanol–water partition coefficient (Wildman–Crippen LogP) is 3.23. The van der Waals surface area contributed by atoms with Gasteiger partial charge in [0, 0.05) is 44.7 Å². The Bertz CT molecular complexity index is 865. The molecule has 1 atom stereocenters. The van der Waals surface area contributed by atoms with Crippen molar-refractivity contribution >= 4 is 5.91 Å². The molecule has 1 N–H and O–H groups in total. The molecule has 1 aromatic heterocycles. The lowest BCUT2D eigenvalue weighted by Crippen LogP contribution is -2.49. The summed E-state index contributed by atoms with van der Waals surface area (Å²) in [5.41, 5.74) is 2.88. The Labute approximate surface area is 180 Å². The summed E-state index contributed by atoms with van der Waals surface area (Å²) in [6, 6.07) is 13.1. The molecule has 1 saturated carbocycles. The maximum atomic E-state index is 13.0. The molecule has 0 spiro atoms. The summed E-state index contributed by atoms with van der Waals surface area (Å²) in [5.74, 6) is 0.520. The predicted molar refractivity (Wildman–Crippen MR) is 120 cm³/mol. The molecule has 0 bridgehead atoms. The lowest BCUT2D eigenvalue weighted by molar-refractivity contribution is 0.0834. The van der Waals surface area contributed by atoms with Gasteiger partial charge in [-0.05, 0) is 52.3 Å². The Kier molecular flexibility index (Phi) is 5.98. The number of nitrogens with one attached hydrogen (secondary N) is 1. The lowest BCUT2D eigenvalue weighted by atomic mass is 10.0. The monoisotopic (exact) mass is 409 g/mol. The minimum Gasteiger partial charge on any atom is -0.349 e. The third-order valence-corrected chi connectivity index (χ3v) is 6.16. The van der Waals surface area contributed by atoms with Gasteiger partial charge in [-0.1, -0.05) is 30.3 Å². The first kappa shape index (κ1) is 21.1. The fourth-order valence-electron chi connectivity index (χ4n) is 4.27. The van der Waals surface area contributed by atoms with Gasteiger partial charge in [-0.3, -0.25) is 14.4 Å². The topological polar surface area (TPSA) is 53.4 Å². The fraction of sp³-hybridized carbons (Fsp3) is 0.583. The first-order valence-electron chi connectivity index (χ1n) is 11.2. The van der Waals surface area contributed by atoms with E-state index in [0.29, 0.717) is 24.2 Å². The summed E-state index contributed by atoms with van der Waals surface area (Å²) in [5, 5.41) is 7.92. The van der Waals surface area contributed by atoms with E-state index >= 15 is 0 Å². The Morgan fingerprint density at radius 2 is 1.90 bits per heavy atom. The molecule has 0 unspecified atom stereocenters. The average Bonchev–Trinajstić information content (AvgIpc) is 3.46. The molecule has 2 aliphatic rings. The number of rotatable bonds is 6. The van der Waals surface area contributed by atoms with E-state index in [1.807, 2.05) is 10.7 Å². The molecule has 1 amide bonds. The van der Waals surface area contributed by atoms with E-state index in [0.717, 1.165) is 31.9 Å². The number of hydrogen-bond donors (Lipinski definition) is 1. The second kappa shape index (κ2) is 8.52. The van der Waals surface area contributed by atoms with E-state index < -0.39 is 0 Å². The Morgan fingerprint density at radius 1 is 1.17 bits per heavy atom. The van der Waals surface area contributed by atoms with Crippen LogP contribution in [0.15, 0.2) is 36.4 Å². The smallest absolute Gasteiger partial charge is 0.269 e. The number of carbonyl (C=O) groups is 1. The number of amides is 1. The van der Waals surface area contributed by atoms with Gasteiger partial charge in [0.1, 0.15) is 5.69 Å². The lowest BCUT2D eigenvalue weighted by Gasteiger charge is -2.40. The Hall–Kier alpha value is -2.18. The third kappa shape index (κ3) is 4.76. The van der Waals surface area contributed by atoms with E-state index in [2.05, 4.69) is 73.3 Å². The Morgan fingerprint density at radius 3 is 2.57 bits per heavy atom. The van der Waals surface area contributed by atoms with Crippen LogP contribution in [0.25, 0.3) is 0 Å². The van der Waals surface area contributed by atoms with Crippen molar-refractivity contribution in [2.45, 2.75) is 51.1 Å². The maximum Gasteiger partial charge on any atom is 0.269 e. The number of benzene rings is 1. The second-order valence-electron chi connectivity index (χ2n) is 9.79. The van der Waals surface area contributed by atoms with Gasteiger partial charge in [0.2, 0.25) is 0 Å². The van der Waals surface area contributed by atoms with Gasteiger partial charge < -0.3 is 10.2 Å². The van der Waals surface area contributed by atoms with Gasteiger partial charge in [0.25, 0.3) is 5.91 Å². The van der Waals surface area contributed by atoms with Crippen LogP contribution in [-0.2, 0) is 5.54 Å². The van der Waals surface area contributed by atoms with Gasteiger partial charge in [0.05, 0.1) is 11.2 Å². The van der Waals surface area contributed by atoms with Gasteiger partial charge in [-0.15, -0.1) is 0 Å². The summed E-state index contributed by atoms with van der Waals surface area (Å²) in [6.07, 6.45) is 2.37. The minimum absolute atomic E-state index is 0.0188. The molecule has 1 aromatic carbocycles. The highest BCUT2D eigenvalue weighted by Crippen LogP contribution is 2.40. The minimum atomic E-state index is -0.213. The van der Waals surface area contributed by atoms with E-state index in [1.54, 1.807) is 0 Å². The molecule has 1 saturated heterocycles. The van der Waals surface area contributed by atoms with E-state index in [9.17, 15) is 4.79 Å². The fourth-order valence-corrected chi connectivity index (χ4v) is 4.27. The average molecular weight is 410 g/mol. The quantitative estimate of drug-likeness (QED) is 0.796. The van der Waals surface area contributed by atoms with Crippen molar-refractivity contribution in [1.29, 1.82) is 0 Å². The van der Waals surface area contributed by atoms with Crippen LogP contribution < -0.4 is 5.32 Å². The molecule has 162 valence electrons.